The maximum absolute atomic E-state index is 13.6. The highest BCUT2D eigenvalue weighted by molar-refractivity contribution is 5.92. The van der Waals surface area contributed by atoms with Gasteiger partial charge in [0.05, 0.1) is 26.0 Å². The van der Waals surface area contributed by atoms with Gasteiger partial charge in [0.25, 0.3) is 0 Å². The summed E-state index contributed by atoms with van der Waals surface area (Å²) in [6, 6.07) is 15.9. The Kier molecular flexibility index (Phi) is 8.25. The number of urea groups is 1. The monoisotopic (exact) mass is 549 g/mol. The first-order valence-electron chi connectivity index (χ1n) is 13.3. The largest absolute Gasteiger partial charge is 0.433 e. The molecule has 40 heavy (non-hydrogen) atoms. The second-order valence-corrected chi connectivity index (χ2v) is 9.88. The van der Waals surface area contributed by atoms with Gasteiger partial charge in [-0.3, -0.25) is 24.6 Å². The van der Waals surface area contributed by atoms with Crippen LogP contribution in [0.25, 0.3) is 0 Å². The number of esters is 1. The van der Waals surface area contributed by atoms with Crippen LogP contribution in [0.15, 0.2) is 60.7 Å². The average Bonchev–Trinajstić information content (AvgIpc) is 3.26. The van der Waals surface area contributed by atoms with Crippen molar-refractivity contribution in [2.45, 2.75) is 57.1 Å². The van der Waals surface area contributed by atoms with Gasteiger partial charge in [-0.2, -0.15) is 0 Å². The van der Waals surface area contributed by atoms with Gasteiger partial charge in [0, 0.05) is 13.0 Å². The molecule has 0 radical (unpaired) electrons. The van der Waals surface area contributed by atoms with Gasteiger partial charge in [0.1, 0.15) is 12.1 Å². The van der Waals surface area contributed by atoms with Gasteiger partial charge in [-0.1, -0.05) is 60.7 Å². The summed E-state index contributed by atoms with van der Waals surface area (Å²) in [6.07, 6.45) is -0.247. The van der Waals surface area contributed by atoms with Crippen molar-refractivity contribution >= 4 is 29.7 Å². The smallest absolute Gasteiger partial charge is 0.358 e. The zero-order chi connectivity index (χ0) is 28.1. The van der Waals surface area contributed by atoms with E-state index in [9.17, 15) is 24.0 Å². The topological polar surface area (TPSA) is 138 Å². The zero-order valence-corrected chi connectivity index (χ0v) is 21.9. The third-order valence-electron chi connectivity index (χ3n) is 6.98. The van der Waals surface area contributed by atoms with Gasteiger partial charge in [-0.15, -0.1) is 0 Å². The molecule has 0 bridgehead atoms. The first kappa shape index (κ1) is 27.1. The lowest BCUT2D eigenvalue weighted by atomic mass is 10.1. The normalized spacial score (nSPS) is 22.9. The second kappa shape index (κ2) is 12.2. The molecule has 1 unspecified atom stereocenters. The van der Waals surface area contributed by atoms with Crippen molar-refractivity contribution in [3.63, 3.8) is 0 Å². The van der Waals surface area contributed by atoms with Crippen molar-refractivity contribution in [3.05, 3.63) is 71.8 Å². The molecule has 3 heterocycles. The number of rotatable bonds is 8. The van der Waals surface area contributed by atoms with Crippen molar-refractivity contribution in [3.8, 4) is 0 Å². The van der Waals surface area contributed by atoms with Crippen LogP contribution < -0.4 is 10.7 Å². The van der Waals surface area contributed by atoms with Gasteiger partial charge >= 0.3 is 12.0 Å². The zero-order valence-electron chi connectivity index (χ0n) is 21.9. The highest BCUT2D eigenvalue weighted by Gasteiger charge is 2.46. The number of hydrazine groups is 2. The molecular formula is C28H31N5O7. The predicted octanol–water partition coefficient (Wildman–Crippen LogP) is 1.27. The molecule has 12 nitrogen and oxygen atoms in total. The maximum atomic E-state index is 13.6. The molecule has 3 aliphatic heterocycles. The molecule has 0 aromatic heterocycles. The van der Waals surface area contributed by atoms with Crippen LogP contribution in [0.3, 0.4) is 0 Å². The van der Waals surface area contributed by atoms with E-state index in [4.69, 9.17) is 9.47 Å². The number of nitrogens with zero attached hydrogens (tertiary/aromatic N) is 3. The second-order valence-electron chi connectivity index (χ2n) is 9.88. The maximum Gasteiger partial charge on any atom is 0.358 e. The lowest BCUT2D eigenvalue weighted by molar-refractivity contribution is -0.169. The van der Waals surface area contributed by atoms with Crippen LogP contribution in [0.1, 0.15) is 36.8 Å². The minimum absolute atomic E-state index is 0.0113. The van der Waals surface area contributed by atoms with Crippen LogP contribution in [0.5, 0.6) is 0 Å². The number of hydrogen-bond donors (Lipinski definition) is 2. The molecule has 3 fully saturated rings. The van der Waals surface area contributed by atoms with Crippen LogP contribution in [-0.2, 0) is 41.7 Å². The number of carbonyl (C=O) groups excluding carboxylic acids is 5. The Morgan fingerprint density at radius 3 is 2.38 bits per heavy atom. The standard InChI is InChI=1S/C28H31N5O7/c34-23(16-19-8-3-1-4-9-19)30-31-15-13-24(35)32-14-7-12-22(33(32)28(31)38)26(37)29-21-17-25(36)40-27(21)39-18-20-10-5-2-6-11-20/h1-6,8-11,21-22,27H,7,12-18H2,(H,29,37)(H,30,34)/t21-,22-,27?/m0/s1. The molecule has 2 aromatic rings. The summed E-state index contributed by atoms with van der Waals surface area (Å²) >= 11 is 0. The van der Waals surface area contributed by atoms with Crippen molar-refractivity contribution in [2.75, 3.05) is 13.1 Å². The lowest BCUT2D eigenvalue weighted by Gasteiger charge is -2.43. The van der Waals surface area contributed by atoms with E-state index in [0.29, 0.717) is 12.8 Å². The van der Waals surface area contributed by atoms with Crippen LogP contribution in [0.4, 0.5) is 4.79 Å². The SMILES string of the molecule is O=C(Cc1ccccc1)NN1CCC(=O)N2CCC[C@@H](C(=O)N[C@H]3CC(=O)OC3OCc3ccccc3)N2C1=O. The number of amides is 5. The number of carbonyl (C=O) groups is 5. The fourth-order valence-corrected chi connectivity index (χ4v) is 5.02. The molecule has 0 spiro atoms. The Bertz CT molecular complexity index is 1260. The van der Waals surface area contributed by atoms with Crippen molar-refractivity contribution in [1.82, 2.24) is 25.8 Å². The number of benzene rings is 2. The summed E-state index contributed by atoms with van der Waals surface area (Å²) in [7, 11) is 0. The molecule has 12 heteroatoms. The molecule has 0 saturated carbocycles. The molecule has 3 atom stereocenters. The Morgan fingerprint density at radius 2 is 1.65 bits per heavy atom. The van der Waals surface area contributed by atoms with Crippen molar-refractivity contribution < 1.29 is 33.4 Å². The van der Waals surface area contributed by atoms with Crippen LogP contribution in [0.2, 0.25) is 0 Å². The minimum atomic E-state index is -1.03. The van der Waals surface area contributed by atoms with Gasteiger partial charge in [0.2, 0.25) is 24.0 Å². The van der Waals surface area contributed by atoms with Crippen LogP contribution >= 0.6 is 0 Å². The Morgan fingerprint density at radius 1 is 0.950 bits per heavy atom. The molecule has 210 valence electrons. The summed E-state index contributed by atoms with van der Waals surface area (Å²) in [6.45, 7) is 0.424. The third kappa shape index (κ3) is 6.23. The quantitative estimate of drug-likeness (QED) is 0.473. The first-order valence-corrected chi connectivity index (χ1v) is 13.3. The van der Waals surface area contributed by atoms with E-state index >= 15 is 0 Å². The Hall–Kier alpha value is -4.45. The first-order chi connectivity index (χ1) is 19.4. The third-order valence-corrected chi connectivity index (χ3v) is 6.98. The van der Waals surface area contributed by atoms with Crippen LogP contribution in [0, 0.1) is 0 Å². The molecule has 2 aromatic carbocycles. The van der Waals surface area contributed by atoms with E-state index in [1.54, 1.807) is 12.1 Å². The lowest BCUT2D eigenvalue weighted by Crippen LogP contribution is -2.65. The van der Waals surface area contributed by atoms with Gasteiger partial charge in [0.15, 0.2) is 0 Å². The molecule has 5 rings (SSSR count). The van der Waals surface area contributed by atoms with Crippen molar-refractivity contribution in [2.24, 2.45) is 0 Å². The highest BCUT2D eigenvalue weighted by atomic mass is 16.7. The van der Waals surface area contributed by atoms with E-state index < -0.39 is 42.2 Å². The number of ether oxygens (including phenoxy) is 2. The Labute approximate surface area is 231 Å². The Balaban J connectivity index is 1.26. The predicted molar refractivity (Wildman–Crippen MR) is 139 cm³/mol. The van der Waals surface area contributed by atoms with E-state index in [2.05, 4.69) is 10.7 Å². The summed E-state index contributed by atoms with van der Waals surface area (Å²) in [5, 5.41) is 6.28. The van der Waals surface area contributed by atoms with E-state index in [1.807, 2.05) is 48.5 Å². The average molecular weight is 550 g/mol. The molecule has 2 N–H and O–H groups in total. The molecular weight excluding hydrogens is 518 g/mol. The molecule has 0 aliphatic carbocycles. The number of cyclic esters (lactones) is 1. The van der Waals surface area contributed by atoms with Gasteiger partial charge in [-0.05, 0) is 24.0 Å². The summed E-state index contributed by atoms with van der Waals surface area (Å²) in [5.41, 5.74) is 4.24. The summed E-state index contributed by atoms with van der Waals surface area (Å²) < 4.78 is 11.1. The van der Waals surface area contributed by atoms with E-state index in [-0.39, 0.29) is 44.9 Å². The summed E-state index contributed by atoms with van der Waals surface area (Å²) in [5.74, 6) is -1.80. The molecule has 3 aliphatic rings. The molecule has 3 saturated heterocycles. The van der Waals surface area contributed by atoms with Crippen molar-refractivity contribution in [1.29, 1.82) is 0 Å². The number of hydrogen-bond acceptors (Lipinski definition) is 7. The fraction of sp³-hybridized carbons (Fsp3) is 0.393. The van der Waals surface area contributed by atoms with E-state index in [1.165, 1.54) is 5.01 Å². The van der Waals surface area contributed by atoms with Gasteiger partial charge in [-0.25, -0.2) is 19.8 Å². The summed E-state index contributed by atoms with van der Waals surface area (Å²) in [4.78, 5) is 64.8. The number of nitrogens with one attached hydrogen (secondary N) is 2. The van der Waals surface area contributed by atoms with Gasteiger partial charge < -0.3 is 14.8 Å². The minimum Gasteiger partial charge on any atom is -0.433 e. The fourth-order valence-electron chi connectivity index (χ4n) is 5.02. The highest BCUT2D eigenvalue weighted by Crippen LogP contribution is 2.25. The molecule has 5 amide bonds. The number of fused-ring (bicyclic) bond motifs is 1. The van der Waals surface area contributed by atoms with E-state index in [0.717, 1.165) is 21.1 Å². The van der Waals surface area contributed by atoms with Crippen LogP contribution in [-0.4, -0.2) is 76.2 Å².